The largest absolute Gasteiger partial charge is 0.481 e. The Hall–Kier alpha value is -1.10. The Morgan fingerprint density at radius 3 is 2.37 bits per heavy atom. The molecule has 2 atom stereocenters. The number of carbonyl (C=O) groups excluding carboxylic acids is 1. The van der Waals surface area contributed by atoms with Gasteiger partial charge in [0.2, 0.25) is 5.91 Å². The number of carbonyl (C=O) groups is 2. The molecule has 0 aromatic rings. The number of carboxylic acids is 1. The molecule has 1 amide bonds. The molecule has 19 heavy (non-hydrogen) atoms. The summed E-state index contributed by atoms with van der Waals surface area (Å²) in [6.07, 6.45) is 0.948. The zero-order valence-electron chi connectivity index (χ0n) is 12.1. The summed E-state index contributed by atoms with van der Waals surface area (Å²) in [6, 6.07) is 0. The van der Waals surface area contributed by atoms with Crippen molar-refractivity contribution in [3.8, 4) is 0 Å². The van der Waals surface area contributed by atoms with Gasteiger partial charge in [0.25, 0.3) is 0 Å². The van der Waals surface area contributed by atoms with Gasteiger partial charge in [-0.25, -0.2) is 0 Å². The smallest absolute Gasteiger partial charge is 0.303 e. The van der Waals surface area contributed by atoms with Crippen molar-refractivity contribution in [2.75, 3.05) is 19.6 Å². The van der Waals surface area contributed by atoms with Gasteiger partial charge in [0.05, 0.1) is 0 Å². The predicted octanol–water partition coefficient (Wildman–Crippen LogP) is 1.10. The SMILES string of the molecule is CC(C)C[C@H](CNC(=O)C(C)C1CNC1)CC(=O)O. The van der Waals surface area contributed by atoms with Gasteiger partial charge < -0.3 is 15.7 Å². The van der Waals surface area contributed by atoms with Crippen molar-refractivity contribution in [1.82, 2.24) is 10.6 Å². The number of hydrogen-bond donors (Lipinski definition) is 3. The van der Waals surface area contributed by atoms with Crippen molar-refractivity contribution < 1.29 is 14.7 Å². The first kappa shape index (κ1) is 16.0. The zero-order chi connectivity index (χ0) is 14.4. The number of amides is 1. The Bertz CT molecular complexity index is 314. The molecule has 1 aliphatic rings. The minimum atomic E-state index is -0.795. The Balaban J connectivity index is 2.36. The number of aliphatic carboxylic acids is 1. The molecule has 0 radical (unpaired) electrons. The molecule has 0 bridgehead atoms. The van der Waals surface area contributed by atoms with Gasteiger partial charge in [0.15, 0.2) is 0 Å². The van der Waals surface area contributed by atoms with Crippen LogP contribution in [0.4, 0.5) is 0 Å². The molecule has 5 nitrogen and oxygen atoms in total. The first-order valence-electron chi connectivity index (χ1n) is 7.10. The van der Waals surface area contributed by atoms with Gasteiger partial charge in [-0.2, -0.15) is 0 Å². The van der Waals surface area contributed by atoms with Gasteiger partial charge in [-0.05, 0) is 37.3 Å². The minimum absolute atomic E-state index is 0.00535. The fraction of sp³-hybridized carbons (Fsp3) is 0.857. The third kappa shape index (κ3) is 5.59. The van der Waals surface area contributed by atoms with E-state index >= 15 is 0 Å². The van der Waals surface area contributed by atoms with E-state index in [0.717, 1.165) is 19.5 Å². The molecule has 0 aromatic carbocycles. The molecule has 1 rings (SSSR count). The maximum Gasteiger partial charge on any atom is 0.303 e. The third-order valence-corrected chi connectivity index (χ3v) is 3.77. The average molecular weight is 270 g/mol. The summed E-state index contributed by atoms with van der Waals surface area (Å²) in [5.41, 5.74) is 0. The van der Waals surface area contributed by atoms with Gasteiger partial charge in [0, 0.05) is 18.9 Å². The van der Waals surface area contributed by atoms with Crippen LogP contribution in [0.15, 0.2) is 0 Å². The van der Waals surface area contributed by atoms with Crippen LogP contribution in [0.1, 0.15) is 33.6 Å². The summed E-state index contributed by atoms with van der Waals surface area (Å²) in [4.78, 5) is 22.8. The van der Waals surface area contributed by atoms with Crippen LogP contribution < -0.4 is 10.6 Å². The number of hydrogen-bond acceptors (Lipinski definition) is 3. The monoisotopic (exact) mass is 270 g/mol. The van der Waals surface area contributed by atoms with Gasteiger partial charge >= 0.3 is 5.97 Å². The summed E-state index contributed by atoms with van der Waals surface area (Å²) in [7, 11) is 0. The lowest BCUT2D eigenvalue weighted by Crippen LogP contribution is -2.50. The molecule has 0 aromatic heterocycles. The molecule has 3 N–H and O–H groups in total. The maximum atomic E-state index is 12.0. The van der Waals surface area contributed by atoms with Crippen LogP contribution in [0.3, 0.4) is 0 Å². The van der Waals surface area contributed by atoms with Crippen molar-refractivity contribution in [2.24, 2.45) is 23.7 Å². The normalized spacial score (nSPS) is 18.7. The zero-order valence-corrected chi connectivity index (χ0v) is 12.1. The van der Waals surface area contributed by atoms with E-state index in [4.69, 9.17) is 5.11 Å². The standard InChI is InChI=1S/C14H26N2O3/c1-9(2)4-11(5-13(17)18)6-16-14(19)10(3)12-7-15-8-12/h9-12,15H,4-8H2,1-3H3,(H,16,19)(H,17,18)/t10?,11-/m0/s1. The lowest BCUT2D eigenvalue weighted by molar-refractivity contribution is -0.138. The molecule has 0 aliphatic carbocycles. The van der Waals surface area contributed by atoms with Crippen molar-refractivity contribution >= 4 is 11.9 Å². The van der Waals surface area contributed by atoms with Gasteiger partial charge in [-0.1, -0.05) is 20.8 Å². The molecule has 0 saturated carbocycles. The number of rotatable bonds is 8. The summed E-state index contributed by atoms with van der Waals surface area (Å²) in [5.74, 6) is 0.137. The second-order valence-corrected chi connectivity index (χ2v) is 6.05. The van der Waals surface area contributed by atoms with E-state index in [1.165, 1.54) is 0 Å². The highest BCUT2D eigenvalue weighted by atomic mass is 16.4. The average Bonchev–Trinajstić information content (AvgIpc) is 2.21. The molecular formula is C14H26N2O3. The summed E-state index contributed by atoms with van der Waals surface area (Å²) in [6.45, 7) is 8.35. The van der Waals surface area contributed by atoms with Crippen LogP contribution >= 0.6 is 0 Å². The van der Waals surface area contributed by atoms with Crippen molar-refractivity contribution in [1.29, 1.82) is 0 Å². The Morgan fingerprint density at radius 2 is 1.95 bits per heavy atom. The highest BCUT2D eigenvalue weighted by Crippen LogP contribution is 2.17. The van der Waals surface area contributed by atoms with Gasteiger partial charge in [-0.15, -0.1) is 0 Å². The summed E-state index contributed by atoms with van der Waals surface area (Å²) < 4.78 is 0. The fourth-order valence-corrected chi connectivity index (χ4v) is 2.44. The molecule has 0 spiro atoms. The highest BCUT2D eigenvalue weighted by molar-refractivity contribution is 5.78. The van der Waals surface area contributed by atoms with Crippen LogP contribution in [0.25, 0.3) is 0 Å². The quantitative estimate of drug-likeness (QED) is 0.617. The minimum Gasteiger partial charge on any atom is -0.481 e. The summed E-state index contributed by atoms with van der Waals surface area (Å²) in [5, 5.41) is 15.0. The van der Waals surface area contributed by atoms with E-state index in [-0.39, 0.29) is 24.2 Å². The van der Waals surface area contributed by atoms with Crippen molar-refractivity contribution in [3.05, 3.63) is 0 Å². The first-order chi connectivity index (χ1) is 8.90. The highest BCUT2D eigenvalue weighted by Gasteiger charge is 2.29. The predicted molar refractivity (Wildman–Crippen MR) is 73.7 cm³/mol. The lowest BCUT2D eigenvalue weighted by Gasteiger charge is -2.32. The molecule has 1 saturated heterocycles. The van der Waals surface area contributed by atoms with E-state index in [1.807, 2.05) is 6.92 Å². The van der Waals surface area contributed by atoms with Crippen LogP contribution in [-0.4, -0.2) is 36.6 Å². The Kier molecular flexibility index (Phi) is 6.28. The second kappa shape index (κ2) is 7.48. The fourth-order valence-electron chi connectivity index (χ4n) is 2.44. The van der Waals surface area contributed by atoms with Crippen LogP contribution in [0.5, 0.6) is 0 Å². The molecule has 1 heterocycles. The lowest BCUT2D eigenvalue weighted by atomic mass is 9.88. The van der Waals surface area contributed by atoms with E-state index < -0.39 is 5.97 Å². The van der Waals surface area contributed by atoms with Crippen LogP contribution in [-0.2, 0) is 9.59 Å². The Morgan fingerprint density at radius 1 is 1.32 bits per heavy atom. The maximum absolute atomic E-state index is 12.0. The van der Waals surface area contributed by atoms with Crippen molar-refractivity contribution in [3.63, 3.8) is 0 Å². The molecular weight excluding hydrogens is 244 g/mol. The molecule has 1 unspecified atom stereocenters. The van der Waals surface area contributed by atoms with Crippen molar-refractivity contribution in [2.45, 2.75) is 33.6 Å². The van der Waals surface area contributed by atoms with Gasteiger partial charge in [0.1, 0.15) is 0 Å². The Labute approximate surface area is 115 Å². The third-order valence-electron chi connectivity index (χ3n) is 3.77. The molecule has 1 fully saturated rings. The first-order valence-corrected chi connectivity index (χ1v) is 7.10. The second-order valence-electron chi connectivity index (χ2n) is 6.05. The molecule has 110 valence electrons. The van der Waals surface area contributed by atoms with E-state index in [2.05, 4.69) is 24.5 Å². The molecule has 5 heteroatoms. The van der Waals surface area contributed by atoms with Crippen LogP contribution in [0, 0.1) is 23.7 Å². The summed E-state index contributed by atoms with van der Waals surface area (Å²) >= 11 is 0. The molecule has 1 aliphatic heterocycles. The van der Waals surface area contributed by atoms with E-state index in [9.17, 15) is 9.59 Å². The van der Waals surface area contributed by atoms with E-state index in [0.29, 0.717) is 18.4 Å². The number of carboxylic acid groups (broad SMARTS) is 1. The van der Waals surface area contributed by atoms with Gasteiger partial charge in [-0.3, -0.25) is 9.59 Å². The topological polar surface area (TPSA) is 78.4 Å². The number of nitrogens with one attached hydrogen (secondary N) is 2. The van der Waals surface area contributed by atoms with Crippen LogP contribution in [0.2, 0.25) is 0 Å². The van der Waals surface area contributed by atoms with E-state index in [1.54, 1.807) is 0 Å².